The van der Waals surface area contributed by atoms with Crippen LogP contribution < -0.4 is 20.1 Å². The summed E-state index contributed by atoms with van der Waals surface area (Å²) in [6.45, 7) is 41.3. The molecule has 658 valence electrons. The molecule has 4 N–H and O–H groups in total. The second kappa shape index (κ2) is 57.5. The van der Waals surface area contributed by atoms with Gasteiger partial charge in [-0.15, -0.1) is 0 Å². The molecule has 6 aromatic carbocycles. The van der Waals surface area contributed by atoms with Crippen LogP contribution in [0, 0.1) is 23.7 Å². The number of amides is 2. The van der Waals surface area contributed by atoms with Crippen molar-refractivity contribution in [3.8, 4) is 35.2 Å². The lowest BCUT2D eigenvalue weighted by Crippen LogP contribution is -2.29. The zero-order valence-corrected chi connectivity index (χ0v) is 72.5. The number of nitrogens with one attached hydrogen (secondary N) is 2. The monoisotopic (exact) mass is 1650 g/mol. The molecule has 0 atom stereocenters. The topological polar surface area (TPSA) is 283 Å². The van der Waals surface area contributed by atoms with E-state index in [1.165, 1.54) is 0 Å². The van der Waals surface area contributed by atoms with Gasteiger partial charge in [-0.25, -0.2) is 0 Å². The first-order valence-electron chi connectivity index (χ1n) is 41.5. The van der Waals surface area contributed by atoms with Gasteiger partial charge in [0.05, 0.1) is 238 Å². The molecule has 6 rings (SSSR count). The first-order valence-corrected chi connectivity index (χ1v) is 41.5. The summed E-state index contributed by atoms with van der Waals surface area (Å²) in [5, 5.41) is 30.2. The van der Waals surface area contributed by atoms with E-state index in [4.69, 9.17) is 105 Å². The number of hydrogen-bond acceptors (Lipinski definition) is 24. The minimum absolute atomic E-state index is 0.00123. The predicted octanol–water partition coefficient (Wildman–Crippen LogP) is 10.4. The Hall–Kier alpha value is -6.78. The Morgan fingerprint density at radius 1 is 0.288 bits per heavy atom. The molecule has 6 aromatic rings. The van der Waals surface area contributed by atoms with Gasteiger partial charge in [0, 0.05) is 57.6 Å². The minimum atomic E-state index is -0.308. The Kier molecular flexibility index (Phi) is 48.7. The van der Waals surface area contributed by atoms with E-state index in [1.807, 2.05) is 24.3 Å². The SMILES string of the molecule is CC(C)(C)c1cc(C(=O)NCCOCCOCCOCCOCC#Cc2ccc3ccc4c(C#CCOCCOCCOCCOCCNC(=O)c5cc(C(C)(C)C)c(OCCOCCOCCOCCOCCOCCO)c(C(C)(C)C)c5)ccc5ccc2c3c54)cc(C(C)(C)C)c1OCCOCCOCCOCCOCCOCCO. The van der Waals surface area contributed by atoms with Crippen LogP contribution in [0.15, 0.2) is 72.8 Å². The summed E-state index contributed by atoms with van der Waals surface area (Å²) in [4.78, 5) is 27.1. The second-order valence-corrected chi connectivity index (χ2v) is 31.6. The van der Waals surface area contributed by atoms with Gasteiger partial charge in [-0.3, -0.25) is 9.59 Å². The Morgan fingerprint density at radius 2 is 0.508 bits per heavy atom. The van der Waals surface area contributed by atoms with E-state index in [2.05, 4.69) is 166 Å². The van der Waals surface area contributed by atoms with E-state index < -0.39 is 0 Å². The Bertz CT molecular complexity index is 3580. The largest absolute Gasteiger partial charge is 0.491 e. The van der Waals surface area contributed by atoms with E-state index in [0.717, 1.165) is 77.2 Å². The van der Waals surface area contributed by atoms with Crippen molar-refractivity contribution in [3.05, 3.63) is 117 Å². The normalized spacial score (nSPS) is 12.1. The summed E-state index contributed by atoms with van der Waals surface area (Å²) < 4.78 is 114. The van der Waals surface area contributed by atoms with Crippen LogP contribution in [0.4, 0.5) is 0 Å². The van der Waals surface area contributed by atoms with Gasteiger partial charge < -0.3 is 116 Å². The quantitative estimate of drug-likeness (QED) is 0.0157. The first kappa shape index (κ1) is 100. The molecule has 2 amide bonds. The van der Waals surface area contributed by atoms with E-state index in [9.17, 15) is 9.59 Å². The van der Waals surface area contributed by atoms with Crippen molar-refractivity contribution in [1.82, 2.24) is 10.6 Å². The van der Waals surface area contributed by atoms with Crippen LogP contribution in [0.25, 0.3) is 32.3 Å². The standard InChI is InChI=1S/C92H136N2O24/c1-89(2,3)79-67-75(68-80(90(4,5)6)85(79)117-65-63-115-61-59-113-57-55-111-53-51-109-45-39-103-33-27-95)87(97)93-25-31-101-37-43-107-49-47-105-41-35-99-29-13-15-71-17-19-73-22-24-78-72(18-20-74-21-23-77(71)83(73)84(74)78)16-14-30-100-36-42-106-48-50-108-44-38-102-32-26-94-88(98)76-69-81(91(7,8)9)86(82(70-76)92(10,11)12)118-66-64-116-62-60-114-58-56-112-54-52-110-46-40-104-34-28-96/h17-24,67-70,95-96H,25-66H2,1-12H3,(H,93,97)(H,94,98). The number of rotatable bonds is 64. The van der Waals surface area contributed by atoms with Crippen LogP contribution in [0.5, 0.6) is 11.5 Å². The van der Waals surface area contributed by atoms with Crippen LogP contribution in [-0.2, 0) is 107 Å². The smallest absolute Gasteiger partial charge is 0.251 e. The number of hydrogen-bond donors (Lipinski definition) is 4. The third kappa shape index (κ3) is 38.9. The highest BCUT2D eigenvalue weighted by Gasteiger charge is 2.31. The molecule has 0 fully saturated rings. The summed E-state index contributed by atoms with van der Waals surface area (Å²) in [7, 11) is 0. The number of aliphatic hydroxyl groups excluding tert-OH is 2. The summed E-state index contributed by atoms with van der Waals surface area (Å²) in [6, 6.07) is 24.6. The van der Waals surface area contributed by atoms with Gasteiger partial charge >= 0.3 is 0 Å². The highest BCUT2D eigenvalue weighted by Crippen LogP contribution is 2.43. The van der Waals surface area contributed by atoms with Crippen molar-refractivity contribution in [3.63, 3.8) is 0 Å². The van der Waals surface area contributed by atoms with Crippen LogP contribution in [0.3, 0.4) is 0 Å². The summed E-state index contributed by atoms with van der Waals surface area (Å²) >= 11 is 0. The maximum atomic E-state index is 13.6. The third-order valence-corrected chi connectivity index (χ3v) is 18.1. The second-order valence-electron chi connectivity index (χ2n) is 31.6. The molecule has 0 saturated heterocycles. The molecular weight excluding hydrogens is 1520 g/mol. The molecule has 0 bridgehead atoms. The fourth-order valence-electron chi connectivity index (χ4n) is 12.1. The number of aliphatic hydroxyl groups is 2. The molecule has 118 heavy (non-hydrogen) atoms. The maximum Gasteiger partial charge on any atom is 0.251 e. The molecule has 0 aliphatic heterocycles. The lowest BCUT2D eigenvalue weighted by Gasteiger charge is -2.30. The van der Waals surface area contributed by atoms with Crippen LogP contribution >= 0.6 is 0 Å². The number of carbonyl (C=O) groups excluding carboxylic acids is 2. The van der Waals surface area contributed by atoms with E-state index in [0.29, 0.717) is 262 Å². The molecule has 0 aromatic heterocycles. The zero-order chi connectivity index (χ0) is 85.0. The highest BCUT2D eigenvalue weighted by atomic mass is 16.6. The van der Waals surface area contributed by atoms with E-state index in [1.54, 1.807) is 0 Å². The number of ether oxygens (including phenoxy) is 20. The van der Waals surface area contributed by atoms with Crippen LogP contribution in [0.2, 0.25) is 0 Å². The van der Waals surface area contributed by atoms with Gasteiger partial charge in [0.15, 0.2) is 0 Å². The summed E-state index contributed by atoms with van der Waals surface area (Å²) in [6.07, 6.45) is 0. The van der Waals surface area contributed by atoms with E-state index in [-0.39, 0.29) is 59.9 Å². The first-order chi connectivity index (χ1) is 57.0. The zero-order valence-electron chi connectivity index (χ0n) is 72.5. The summed E-state index contributed by atoms with van der Waals surface area (Å²) in [5.41, 5.74) is 5.53. The van der Waals surface area contributed by atoms with Crippen molar-refractivity contribution in [2.24, 2.45) is 0 Å². The lowest BCUT2D eigenvalue weighted by molar-refractivity contribution is -0.0147. The average molecular weight is 1650 g/mol. The van der Waals surface area contributed by atoms with Crippen LogP contribution in [-0.4, -0.2) is 299 Å². The maximum absolute atomic E-state index is 13.6. The van der Waals surface area contributed by atoms with Gasteiger partial charge in [-0.2, -0.15) is 0 Å². The van der Waals surface area contributed by atoms with Crippen molar-refractivity contribution >= 4 is 44.1 Å². The van der Waals surface area contributed by atoms with Gasteiger partial charge in [-0.05, 0) is 90.4 Å². The fourth-order valence-corrected chi connectivity index (χ4v) is 12.1. The Balaban J connectivity index is 0.776. The Morgan fingerprint density at radius 3 is 0.754 bits per heavy atom. The number of benzene rings is 6. The Labute approximate surface area is 700 Å². The fraction of sp³-hybridized carbons (Fsp3) is 0.630. The van der Waals surface area contributed by atoms with Crippen molar-refractivity contribution in [2.45, 2.75) is 105 Å². The average Bonchev–Trinajstić information content (AvgIpc) is 0.737. The van der Waals surface area contributed by atoms with Crippen molar-refractivity contribution in [2.75, 3.05) is 277 Å². The molecule has 26 nitrogen and oxygen atoms in total. The minimum Gasteiger partial charge on any atom is -0.491 e. The van der Waals surface area contributed by atoms with Gasteiger partial charge in [0.1, 0.15) is 37.9 Å². The molecular formula is C92H136N2O24. The van der Waals surface area contributed by atoms with Gasteiger partial charge in [0.25, 0.3) is 11.8 Å². The molecule has 0 spiro atoms. The third-order valence-electron chi connectivity index (χ3n) is 18.1. The molecule has 0 radical (unpaired) electrons. The number of carbonyl (C=O) groups is 2. The lowest BCUT2D eigenvalue weighted by atomic mass is 9.78. The molecule has 0 heterocycles. The van der Waals surface area contributed by atoms with Crippen LogP contribution in [0.1, 0.15) is 137 Å². The van der Waals surface area contributed by atoms with Crippen molar-refractivity contribution < 1.29 is 115 Å². The van der Waals surface area contributed by atoms with Crippen molar-refractivity contribution in [1.29, 1.82) is 0 Å². The van der Waals surface area contributed by atoms with E-state index >= 15 is 0 Å². The van der Waals surface area contributed by atoms with Gasteiger partial charge in [0.2, 0.25) is 0 Å². The van der Waals surface area contributed by atoms with Gasteiger partial charge in [-0.1, -0.05) is 143 Å². The molecule has 26 heteroatoms. The molecule has 0 unspecified atom stereocenters. The summed E-state index contributed by atoms with van der Waals surface area (Å²) in [5.74, 6) is 14.3. The predicted molar refractivity (Wildman–Crippen MR) is 456 cm³/mol. The molecule has 0 aliphatic carbocycles. The highest BCUT2D eigenvalue weighted by molar-refractivity contribution is 6.24. The molecule has 0 saturated carbocycles. The molecule has 0 aliphatic rings.